The fourth-order valence-electron chi connectivity index (χ4n) is 4.23. The van der Waals surface area contributed by atoms with Crippen LogP contribution in [0.1, 0.15) is 37.7 Å². The highest BCUT2D eigenvalue weighted by Crippen LogP contribution is 2.28. The van der Waals surface area contributed by atoms with Gasteiger partial charge in [-0.25, -0.2) is 0 Å². The molecule has 1 heterocycles. The van der Waals surface area contributed by atoms with E-state index in [2.05, 4.69) is 28.0 Å². The first-order valence-corrected chi connectivity index (χ1v) is 9.02. The molecular formula is C19H30N2O2. The van der Waals surface area contributed by atoms with Crippen molar-refractivity contribution in [3.63, 3.8) is 0 Å². The molecule has 0 spiro atoms. The van der Waals surface area contributed by atoms with Gasteiger partial charge in [-0.1, -0.05) is 25.0 Å². The van der Waals surface area contributed by atoms with Crippen molar-refractivity contribution >= 4 is 0 Å². The van der Waals surface area contributed by atoms with Gasteiger partial charge in [0.05, 0.1) is 7.11 Å². The summed E-state index contributed by atoms with van der Waals surface area (Å²) < 4.78 is 5.33. The zero-order valence-electron chi connectivity index (χ0n) is 14.3. The molecule has 1 saturated carbocycles. The highest BCUT2D eigenvalue weighted by Gasteiger charge is 2.32. The number of rotatable bonds is 6. The van der Waals surface area contributed by atoms with Gasteiger partial charge in [-0.2, -0.15) is 0 Å². The summed E-state index contributed by atoms with van der Waals surface area (Å²) in [5.74, 6) is 0.930. The largest absolute Gasteiger partial charge is 0.497 e. The first-order valence-electron chi connectivity index (χ1n) is 9.02. The Morgan fingerprint density at radius 2 is 2.04 bits per heavy atom. The molecule has 2 fully saturated rings. The van der Waals surface area contributed by atoms with E-state index in [4.69, 9.17) is 4.74 Å². The van der Waals surface area contributed by atoms with E-state index in [9.17, 15) is 5.11 Å². The summed E-state index contributed by atoms with van der Waals surface area (Å²) in [6.07, 6.45) is 6.34. The fourth-order valence-corrected chi connectivity index (χ4v) is 4.23. The molecule has 1 N–H and O–H groups in total. The molecule has 4 nitrogen and oxygen atoms in total. The van der Waals surface area contributed by atoms with Gasteiger partial charge in [-0.15, -0.1) is 0 Å². The Hall–Kier alpha value is -1.10. The zero-order valence-corrected chi connectivity index (χ0v) is 14.3. The highest BCUT2D eigenvalue weighted by molar-refractivity contribution is 5.28. The molecule has 23 heavy (non-hydrogen) atoms. The lowest BCUT2D eigenvalue weighted by Gasteiger charge is -2.44. The monoisotopic (exact) mass is 318 g/mol. The van der Waals surface area contributed by atoms with Crippen LogP contribution in [0.25, 0.3) is 0 Å². The Morgan fingerprint density at radius 1 is 1.22 bits per heavy atom. The molecule has 2 aliphatic rings. The van der Waals surface area contributed by atoms with E-state index in [1.807, 2.05) is 6.07 Å². The summed E-state index contributed by atoms with van der Waals surface area (Å²) in [4.78, 5) is 5.21. The first kappa shape index (κ1) is 16.7. The lowest BCUT2D eigenvalue weighted by Crippen LogP contribution is -2.55. The van der Waals surface area contributed by atoms with Crippen LogP contribution in [0.5, 0.6) is 5.75 Å². The van der Waals surface area contributed by atoms with Gasteiger partial charge < -0.3 is 9.84 Å². The van der Waals surface area contributed by atoms with Gasteiger partial charge in [0.1, 0.15) is 5.75 Å². The Morgan fingerprint density at radius 3 is 2.78 bits per heavy atom. The number of ether oxygens (including phenoxy) is 1. The maximum absolute atomic E-state index is 9.46. The van der Waals surface area contributed by atoms with E-state index in [0.717, 1.165) is 44.4 Å². The molecule has 0 radical (unpaired) electrons. The number of hydrogen-bond acceptors (Lipinski definition) is 4. The van der Waals surface area contributed by atoms with E-state index >= 15 is 0 Å². The average Bonchev–Trinajstić information content (AvgIpc) is 3.10. The predicted octanol–water partition coefficient (Wildman–Crippen LogP) is 2.51. The lowest BCUT2D eigenvalue weighted by atomic mass is 10.0. The number of piperazine rings is 1. The molecule has 1 aromatic rings. The molecule has 1 aromatic carbocycles. The number of hydrogen-bond donors (Lipinski definition) is 1. The molecule has 1 aliphatic heterocycles. The number of aliphatic hydroxyl groups excluding tert-OH is 1. The van der Waals surface area contributed by atoms with Gasteiger partial charge in [0.15, 0.2) is 0 Å². The van der Waals surface area contributed by atoms with Crippen LogP contribution in [0.2, 0.25) is 0 Å². The van der Waals surface area contributed by atoms with Crippen LogP contribution in [-0.2, 0) is 6.54 Å². The second-order valence-electron chi connectivity index (χ2n) is 6.93. The summed E-state index contributed by atoms with van der Waals surface area (Å²) >= 11 is 0. The van der Waals surface area contributed by atoms with Crippen molar-refractivity contribution in [3.05, 3.63) is 29.8 Å². The number of methoxy groups -OCH3 is 1. The van der Waals surface area contributed by atoms with Gasteiger partial charge in [-0.05, 0) is 37.0 Å². The van der Waals surface area contributed by atoms with Gasteiger partial charge in [-0.3, -0.25) is 9.80 Å². The predicted molar refractivity (Wildman–Crippen MR) is 92.7 cm³/mol. The summed E-state index contributed by atoms with van der Waals surface area (Å²) in [5, 5.41) is 9.46. The second kappa shape index (κ2) is 8.13. The van der Waals surface area contributed by atoms with Crippen LogP contribution in [0.15, 0.2) is 24.3 Å². The standard InChI is InChI=1S/C19H30N2O2/c1-23-19-8-4-5-16(13-19)14-20-10-11-21(17-6-2-3-7-17)18(15-20)9-12-22/h4-5,8,13,17-18,22H,2-3,6-7,9-12,14-15H2,1H3. The normalized spacial score (nSPS) is 24.2. The van der Waals surface area contributed by atoms with Crippen molar-refractivity contribution in [1.82, 2.24) is 9.80 Å². The fraction of sp³-hybridized carbons (Fsp3) is 0.684. The van der Waals surface area contributed by atoms with Crippen molar-refractivity contribution in [3.8, 4) is 5.75 Å². The van der Waals surface area contributed by atoms with Crippen LogP contribution in [0.4, 0.5) is 0 Å². The molecule has 1 atom stereocenters. The molecule has 3 rings (SSSR count). The Kier molecular flexibility index (Phi) is 5.92. The lowest BCUT2D eigenvalue weighted by molar-refractivity contribution is 0.0267. The minimum atomic E-state index is 0.293. The average molecular weight is 318 g/mol. The zero-order chi connectivity index (χ0) is 16.1. The van der Waals surface area contributed by atoms with Crippen molar-refractivity contribution in [1.29, 1.82) is 0 Å². The van der Waals surface area contributed by atoms with Crippen LogP contribution >= 0.6 is 0 Å². The number of nitrogens with zero attached hydrogens (tertiary/aromatic N) is 2. The van der Waals surface area contributed by atoms with Gasteiger partial charge in [0.25, 0.3) is 0 Å². The maximum atomic E-state index is 9.46. The van der Waals surface area contributed by atoms with Gasteiger partial charge in [0.2, 0.25) is 0 Å². The SMILES string of the molecule is COc1cccc(CN2CCN(C3CCCC3)C(CCO)C2)c1. The van der Waals surface area contributed by atoms with E-state index in [0.29, 0.717) is 12.6 Å². The number of aliphatic hydroxyl groups is 1. The quantitative estimate of drug-likeness (QED) is 0.874. The Labute approximate surface area is 140 Å². The molecule has 1 aliphatic carbocycles. The third-order valence-electron chi connectivity index (χ3n) is 5.41. The summed E-state index contributed by atoms with van der Waals surface area (Å²) in [7, 11) is 1.72. The Balaban J connectivity index is 1.61. The van der Waals surface area contributed by atoms with Crippen molar-refractivity contribution in [2.75, 3.05) is 33.4 Å². The van der Waals surface area contributed by atoms with Gasteiger partial charge in [0, 0.05) is 44.9 Å². The van der Waals surface area contributed by atoms with Gasteiger partial charge >= 0.3 is 0 Å². The molecule has 0 amide bonds. The van der Waals surface area contributed by atoms with E-state index in [-0.39, 0.29) is 0 Å². The van der Waals surface area contributed by atoms with Crippen molar-refractivity contribution < 1.29 is 9.84 Å². The summed E-state index contributed by atoms with van der Waals surface area (Å²) in [6.45, 7) is 4.59. The highest BCUT2D eigenvalue weighted by atomic mass is 16.5. The minimum absolute atomic E-state index is 0.293. The third kappa shape index (κ3) is 4.25. The smallest absolute Gasteiger partial charge is 0.119 e. The van der Waals surface area contributed by atoms with Crippen LogP contribution < -0.4 is 4.74 Å². The minimum Gasteiger partial charge on any atom is -0.497 e. The summed E-state index contributed by atoms with van der Waals surface area (Å²) in [6, 6.07) is 9.62. The molecule has 0 bridgehead atoms. The molecule has 0 aromatic heterocycles. The molecular weight excluding hydrogens is 288 g/mol. The van der Waals surface area contributed by atoms with Crippen molar-refractivity contribution in [2.24, 2.45) is 0 Å². The molecule has 4 heteroatoms. The van der Waals surface area contributed by atoms with Crippen LogP contribution in [0, 0.1) is 0 Å². The van der Waals surface area contributed by atoms with E-state index in [1.54, 1.807) is 7.11 Å². The van der Waals surface area contributed by atoms with E-state index < -0.39 is 0 Å². The summed E-state index contributed by atoms with van der Waals surface area (Å²) in [5.41, 5.74) is 1.31. The topological polar surface area (TPSA) is 35.9 Å². The maximum Gasteiger partial charge on any atom is 0.119 e. The second-order valence-corrected chi connectivity index (χ2v) is 6.93. The molecule has 1 saturated heterocycles. The van der Waals surface area contributed by atoms with E-state index in [1.165, 1.54) is 31.2 Å². The third-order valence-corrected chi connectivity index (χ3v) is 5.41. The Bertz CT molecular complexity index is 488. The molecule has 1 unspecified atom stereocenters. The van der Waals surface area contributed by atoms with Crippen molar-refractivity contribution in [2.45, 2.75) is 50.7 Å². The molecule has 128 valence electrons. The first-order chi connectivity index (χ1) is 11.3. The van der Waals surface area contributed by atoms with Crippen LogP contribution in [-0.4, -0.2) is 60.3 Å². The number of benzene rings is 1. The van der Waals surface area contributed by atoms with Crippen LogP contribution in [0.3, 0.4) is 0 Å².